The van der Waals surface area contributed by atoms with Crippen molar-refractivity contribution >= 4 is 41.5 Å². The van der Waals surface area contributed by atoms with E-state index in [9.17, 15) is 22.7 Å². The maximum Gasteiger partial charge on any atom is 0.269 e. The molecule has 11 heteroatoms. The topological polar surface area (TPSA) is 142 Å². The van der Waals surface area contributed by atoms with Crippen LogP contribution in [0.25, 0.3) is 0 Å². The van der Waals surface area contributed by atoms with Crippen molar-refractivity contribution in [3.05, 3.63) is 58.6 Å². The summed E-state index contributed by atoms with van der Waals surface area (Å²) < 4.78 is 23.9. The number of carbonyl (C=O) groups is 1. The van der Waals surface area contributed by atoms with Crippen LogP contribution in [0.1, 0.15) is 19.8 Å². The summed E-state index contributed by atoms with van der Waals surface area (Å²) in [6, 6.07) is 12.4. The normalized spacial score (nSPS) is 15.1. The average Bonchev–Trinajstić information content (AvgIpc) is 3.23. The van der Waals surface area contributed by atoms with E-state index in [-0.39, 0.29) is 20.9 Å². The summed E-state index contributed by atoms with van der Waals surface area (Å²) in [6.07, 6.45) is 2.44. The number of nitrogens with one attached hydrogen (secondary N) is 1. The van der Waals surface area contributed by atoms with Crippen LogP contribution in [0.4, 0.5) is 17.1 Å². The molecule has 2 aromatic carbocycles. The summed E-state index contributed by atoms with van der Waals surface area (Å²) >= 11 is -4.83. The van der Waals surface area contributed by atoms with Gasteiger partial charge >= 0.3 is 88.4 Å². The molecule has 1 atom stereocenters. The Morgan fingerprint density at radius 3 is 2.34 bits per heavy atom. The van der Waals surface area contributed by atoms with Gasteiger partial charge in [-0.3, -0.25) is 10.1 Å². The number of benzene rings is 2. The van der Waals surface area contributed by atoms with Crippen LogP contribution in [0.15, 0.2) is 48.5 Å². The summed E-state index contributed by atoms with van der Waals surface area (Å²) in [6.45, 7) is 3.45. The molecule has 0 radical (unpaired) electrons. The second-order valence-corrected chi connectivity index (χ2v) is 9.91. The molecule has 3 N–H and O–H groups in total. The fraction of sp³-hybridized carbons (Fsp3) is 0.278. The molecule has 0 aromatic heterocycles. The first-order valence-electron chi connectivity index (χ1n) is 8.76. The van der Waals surface area contributed by atoms with E-state index in [1.807, 2.05) is 12.1 Å². The molecular weight excluding hydrogens is 445 g/mol. The van der Waals surface area contributed by atoms with Gasteiger partial charge in [0.15, 0.2) is 0 Å². The van der Waals surface area contributed by atoms with E-state index in [0.29, 0.717) is 5.69 Å². The fourth-order valence-electron chi connectivity index (χ4n) is 2.77. The summed E-state index contributed by atoms with van der Waals surface area (Å²) in [5, 5.41) is 21.1. The quantitative estimate of drug-likeness (QED) is 0.262. The minimum absolute atomic E-state index is 0.0399. The molecule has 0 spiro atoms. The van der Waals surface area contributed by atoms with Gasteiger partial charge in [0.25, 0.3) is 5.69 Å². The minimum Gasteiger partial charge on any atom is -0.372 e. The Labute approximate surface area is 170 Å². The Morgan fingerprint density at radius 1 is 1.21 bits per heavy atom. The van der Waals surface area contributed by atoms with Gasteiger partial charge in [-0.15, -0.1) is 0 Å². The number of hydrogen-bond acceptors (Lipinski definition) is 7. The SMILES string of the molecule is CC(=O)Nc1cccc([As](=O)(O)OO)c1.O=[N+]([O-])c1ccc(N2CCCC2)cc1. The van der Waals surface area contributed by atoms with Gasteiger partial charge in [-0.05, 0) is 25.0 Å². The third kappa shape index (κ3) is 6.72. The largest absolute Gasteiger partial charge is 0.372 e. The van der Waals surface area contributed by atoms with E-state index in [2.05, 4.69) is 14.1 Å². The second kappa shape index (κ2) is 10.2. The van der Waals surface area contributed by atoms with Crippen molar-refractivity contribution in [2.75, 3.05) is 23.3 Å². The van der Waals surface area contributed by atoms with Gasteiger partial charge in [0, 0.05) is 30.9 Å². The Morgan fingerprint density at radius 2 is 1.83 bits per heavy atom. The maximum absolute atomic E-state index is 11.3. The van der Waals surface area contributed by atoms with E-state index >= 15 is 0 Å². The third-order valence-electron chi connectivity index (χ3n) is 4.14. The Hall–Kier alpha value is -2.65. The van der Waals surface area contributed by atoms with Crippen LogP contribution in [-0.4, -0.2) is 47.4 Å². The molecule has 3 rings (SSSR count). The first kappa shape index (κ1) is 22.6. The molecule has 1 aliphatic heterocycles. The van der Waals surface area contributed by atoms with Crippen molar-refractivity contribution in [2.24, 2.45) is 0 Å². The smallest absolute Gasteiger partial charge is 0.269 e. The van der Waals surface area contributed by atoms with Crippen LogP contribution in [0.3, 0.4) is 0 Å². The van der Waals surface area contributed by atoms with Crippen LogP contribution in [0.2, 0.25) is 0 Å². The molecule has 0 saturated carbocycles. The molecule has 1 aliphatic rings. The van der Waals surface area contributed by atoms with Gasteiger partial charge in [-0.25, -0.2) is 0 Å². The minimum atomic E-state index is -4.83. The number of carbonyl (C=O) groups excluding carboxylic acids is 1. The molecular formula is C18H22AsN3O7. The number of non-ortho nitro benzene ring substituents is 1. The molecule has 2 aromatic rings. The van der Waals surface area contributed by atoms with Gasteiger partial charge in [-0.2, -0.15) is 0 Å². The molecule has 10 nitrogen and oxygen atoms in total. The van der Waals surface area contributed by atoms with Crippen molar-refractivity contribution in [2.45, 2.75) is 19.8 Å². The van der Waals surface area contributed by atoms with Crippen LogP contribution >= 0.6 is 0 Å². The number of nitrogens with zero attached hydrogens (tertiary/aromatic N) is 2. The average molecular weight is 467 g/mol. The number of anilines is 2. The van der Waals surface area contributed by atoms with Crippen LogP contribution in [0, 0.1) is 10.1 Å². The summed E-state index contributed by atoms with van der Waals surface area (Å²) in [4.78, 5) is 23.0. The Kier molecular flexibility index (Phi) is 7.98. The van der Waals surface area contributed by atoms with Crippen LogP contribution in [0.5, 0.6) is 0 Å². The van der Waals surface area contributed by atoms with Crippen molar-refractivity contribution in [1.82, 2.24) is 0 Å². The van der Waals surface area contributed by atoms with Gasteiger partial charge in [0.1, 0.15) is 0 Å². The Balaban J connectivity index is 0.000000207. The number of amides is 1. The molecule has 1 saturated heterocycles. The van der Waals surface area contributed by atoms with Crippen molar-refractivity contribution in [1.29, 1.82) is 0 Å². The zero-order valence-corrected chi connectivity index (χ0v) is 17.6. The van der Waals surface area contributed by atoms with E-state index < -0.39 is 14.2 Å². The zero-order chi connectivity index (χ0) is 21.4. The molecule has 156 valence electrons. The molecule has 0 aliphatic carbocycles. The maximum atomic E-state index is 11.3. The van der Waals surface area contributed by atoms with Gasteiger partial charge in [0.05, 0.1) is 4.92 Å². The second-order valence-electron chi connectivity index (χ2n) is 6.30. The predicted octanol–water partition coefficient (Wildman–Crippen LogP) is 1.90. The van der Waals surface area contributed by atoms with E-state index in [1.54, 1.807) is 18.2 Å². The van der Waals surface area contributed by atoms with Crippen molar-refractivity contribution in [3.8, 4) is 0 Å². The molecule has 1 amide bonds. The van der Waals surface area contributed by atoms with E-state index in [1.165, 1.54) is 38.0 Å². The zero-order valence-electron chi connectivity index (χ0n) is 15.7. The Bertz CT molecular complexity index is 899. The first-order chi connectivity index (χ1) is 13.7. The van der Waals surface area contributed by atoms with Crippen LogP contribution < -0.4 is 14.6 Å². The molecule has 29 heavy (non-hydrogen) atoms. The van der Waals surface area contributed by atoms with E-state index in [4.69, 9.17) is 5.26 Å². The van der Waals surface area contributed by atoms with Gasteiger partial charge in [0.2, 0.25) is 0 Å². The van der Waals surface area contributed by atoms with Gasteiger partial charge < -0.3 is 4.90 Å². The van der Waals surface area contributed by atoms with Crippen molar-refractivity contribution < 1.29 is 26.7 Å². The molecule has 1 fully saturated rings. The molecule has 1 heterocycles. The molecule has 0 bridgehead atoms. The van der Waals surface area contributed by atoms with Crippen LogP contribution in [-0.2, 0) is 12.4 Å². The number of nitro benzene ring substituents is 1. The first-order valence-corrected chi connectivity index (χ1v) is 12.1. The predicted molar refractivity (Wildman–Crippen MR) is 107 cm³/mol. The number of rotatable bonds is 5. The van der Waals surface area contributed by atoms with E-state index in [0.717, 1.165) is 18.8 Å². The summed E-state index contributed by atoms with van der Waals surface area (Å²) in [5.41, 5.74) is 1.62. The monoisotopic (exact) mass is 467 g/mol. The van der Waals surface area contributed by atoms with Crippen molar-refractivity contribution in [3.63, 3.8) is 0 Å². The summed E-state index contributed by atoms with van der Waals surface area (Å²) in [7, 11) is 0. The fourth-order valence-corrected chi connectivity index (χ4v) is 4.18. The number of nitro groups is 1. The third-order valence-corrected chi connectivity index (χ3v) is 6.55. The standard InChI is InChI=1S/C10H12N2O2.C8H10AsNO5/c13-12(14)10-5-3-9(4-6-10)11-7-1-2-8-11;1-6(11)10-8-4-2-3-7(5-8)9(12,13)15-14/h3-6H,1-2,7-8H2;2-5,14H,1H3,(H,10,11)(H,12,13). The summed E-state index contributed by atoms with van der Waals surface area (Å²) in [5.74, 6) is -0.294. The molecule has 1 unspecified atom stereocenters. The van der Waals surface area contributed by atoms with Gasteiger partial charge in [-0.1, -0.05) is 0 Å². The number of hydrogen-bond donors (Lipinski definition) is 3.